The zero-order valence-electron chi connectivity index (χ0n) is 8.70. The maximum atomic E-state index is 11.3. The van der Waals surface area contributed by atoms with Crippen molar-refractivity contribution in [2.45, 2.75) is 17.4 Å². The fourth-order valence-electron chi connectivity index (χ4n) is 1.77. The summed E-state index contributed by atoms with van der Waals surface area (Å²) in [7, 11) is 0. The van der Waals surface area contributed by atoms with Crippen LogP contribution in [0.1, 0.15) is 18.0 Å². The van der Waals surface area contributed by atoms with Crippen LogP contribution in [0, 0.1) is 0 Å². The smallest absolute Gasteiger partial charge is 0.234 e. The fourth-order valence-corrected chi connectivity index (χ4v) is 3.05. The third kappa shape index (κ3) is 2.51. The maximum absolute atomic E-state index is 11.3. The summed E-state index contributed by atoms with van der Waals surface area (Å²) in [6.07, 6.45) is 0.920. The largest absolute Gasteiger partial charge is 0.348 e. The van der Waals surface area contributed by atoms with E-state index in [0.717, 1.165) is 17.7 Å². The van der Waals surface area contributed by atoms with E-state index in [1.54, 1.807) is 11.8 Å². The lowest BCUT2D eigenvalue weighted by molar-refractivity contribution is -0.120. The lowest BCUT2D eigenvalue weighted by Crippen LogP contribution is -2.35. The Balaban J connectivity index is 2.24. The molecular weight excluding hydrogens is 244 g/mol. The van der Waals surface area contributed by atoms with Gasteiger partial charge in [-0.3, -0.25) is 4.79 Å². The van der Waals surface area contributed by atoms with Crippen LogP contribution in [-0.2, 0) is 4.79 Å². The minimum absolute atomic E-state index is 0.0273. The highest BCUT2D eigenvalue weighted by Crippen LogP contribution is 2.37. The Morgan fingerprint density at radius 3 is 3.19 bits per heavy atom. The lowest BCUT2D eigenvalue weighted by atomic mass is 10.0. The number of carbonyl (C=O) groups is 1. The molecule has 0 radical (unpaired) electrons. The Hall–Kier alpha value is -0.710. The van der Waals surface area contributed by atoms with Crippen LogP contribution in [0.5, 0.6) is 0 Å². The molecule has 1 amide bonds. The first kappa shape index (κ1) is 11.8. The maximum Gasteiger partial charge on any atom is 0.234 e. The van der Waals surface area contributed by atoms with Crippen LogP contribution >= 0.6 is 23.4 Å². The molecule has 2 rings (SSSR count). The number of thioether (sulfide) groups is 1. The van der Waals surface area contributed by atoms with Crippen molar-refractivity contribution in [3.8, 4) is 0 Å². The number of nitrogens with two attached hydrogens (primary N) is 1. The van der Waals surface area contributed by atoms with Crippen LogP contribution < -0.4 is 11.1 Å². The zero-order chi connectivity index (χ0) is 11.5. The number of carbonyl (C=O) groups excluding carboxylic acids is 1. The molecule has 1 aliphatic heterocycles. The highest BCUT2D eigenvalue weighted by atomic mass is 35.5. The van der Waals surface area contributed by atoms with Gasteiger partial charge in [-0.15, -0.1) is 11.8 Å². The first-order valence-electron chi connectivity index (χ1n) is 5.12. The van der Waals surface area contributed by atoms with E-state index in [-0.39, 0.29) is 18.5 Å². The third-order valence-corrected chi connectivity index (χ3v) is 3.89. The summed E-state index contributed by atoms with van der Waals surface area (Å²) in [4.78, 5) is 12.5. The number of rotatable bonds is 2. The summed E-state index contributed by atoms with van der Waals surface area (Å²) in [5.41, 5.74) is 6.40. The summed E-state index contributed by atoms with van der Waals surface area (Å²) in [6.45, 7) is 0.0273. The van der Waals surface area contributed by atoms with Crippen LogP contribution in [0.2, 0.25) is 5.02 Å². The number of nitrogens with one attached hydrogen (secondary N) is 1. The highest BCUT2D eigenvalue weighted by Gasteiger charge is 2.21. The van der Waals surface area contributed by atoms with Gasteiger partial charge < -0.3 is 11.1 Å². The van der Waals surface area contributed by atoms with Crippen molar-refractivity contribution in [1.82, 2.24) is 5.32 Å². The molecule has 1 aliphatic rings. The molecule has 16 heavy (non-hydrogen) atoms. The molecule has 3 nitrogen and oxygen atoms in total. The molecule has 0 aromatic heterocycles. The van der Waals surface area contributed by atoms with Crippen molar-refractivity contribution in [2.24, 2.45) is 5.73 Å². The van der Waals surface area contributed by atoms with Crippen LogP contribution in [0.15, 0.2) is 23.1 Å². The summed E-state index contributed by atoms with van der Waals surface area (Å²) >= 11 is 7.76. The van der Waals surface area contributed by atoms with Gasteiger partial charge in [-0.05, 0) is 30.2 Å². The van der Waals surface area contributed by atoms with Gasteiger partial charge >= 0.3 is 0 Å². The molecule has 0 spiro atoms. The number of amides is 1. The van der Waals surface area contributed by atoms with Gasteiger partial charge in [-0.1, -0.05) is 11.6 Å². The highest BCUT2D eigenvalue weighted by molar-refractivity contribution is 7.99. The Kier molecular flexibility index (Phi) is 3.74. The van der Waals surface area contributed by atoms with E-state index in [9.17, 15) is 4.79 Å². The number of benzene rings is 1. The summed E-state index contributed by atoms with van der Waals surface area (Å²) in [5, 5.41) is 3.62. The molecule has 1 aromatic carbocycles. The molecule has 3 N–H and O–H groups in total. The topological polar surface area (TPSA) is 55.1 Å². The monoisotopic (exact) mass is 256 g/mol. The Morgan fingerprint density at radius 2 is 2.44 bits per heavy atom. The minimum atomic E-state index is -0.122. The second kappa shape index (κ2) is 5.08. The second-order valence-corrected chi connectivity index (χ2v) is 5.22. The second-order valence-electron chi connectivity index (χ2n) is 3.64. The average Bonchev–Trinajstić information content (AvgIpc) is 2.29. The minimum Gasteiger partial charge on any atom is -0.348 e. The van der Waals surface area contributed by atoms with Gasteiger partial charge in [0, 0.05) is 15.7 Å². The van der Waals surface area contributed by atoms with E-state index in [1.165, 1.54) is 4.90 Å². The summed E-state index contributed by atoms with van der Waals surface area (Å²) < 4.78 is 0. The molecule has 0 fully saturated rings. The Bertz CT molecular complexity index is 411. The summed E-state index contributed by atoms with van der Waals surface area (Å²) in [6, 6.07) is 5.85. The van der Waals surface area contributed by atoms with Gasteiger partial charge in [0.1, 0.15) is 0 Å². The third-order valence-electron chi connectivity index (χ3n) is 2.53. The van der Waals surface area contributed by atoms with Crippen molar-refractivity contribution in [2.75, 3.05) is 12.3 Å². The Morgan fingerprint density at radius 1 is 1.62 bits per heavy atom. The predicted octanol–water partition coefficient (Wildman–Crippen LogP) is 1.95. The van der Waals surface area contributed by atoms with Crippen molar-refractivity contribution in [3.63, 3.8) is 0 Å². The van der Waals surface area contributed by atoms with Gasteiger partial charge in [0.2, 0.25) is 5.91 Å². The lowest BCUT2D eigenvalue weighted by Gasteiger charge is -2.25. The van der Waals surface area contributed by atoms with Crippen molar-refractivity contribution >= 4 is 29.3 Å². The molecule has 5 heteroatoms. The first-order chi connectivity index (χ1) is 7.70. The van der Waals surface area contributed by atoms with Gasteiger partial charge in [0.15, 0.2) is 0 Å². The van der Waals surface area contributed by atoms with Gasteiger partial charge in [-0.2, -0.15) is 0 Å². The van der Waals surface area contributed by atoms with Crippen LogP contribution in [0.3, 0.4) is 0 Å². The van der Waals surface area contributed by atoms with Crippen LogP contribution in [-0.4, -0.2) is 18.2 Å². The van der Waals surface area contributed by atoms with E-state index < -0.39 is 0 Å². The quantitative estimate of drug-likeness (QED) is 0.851. The van der Waals surface area contributed by atoms with Crippen LogP contribution in [0.25, 0.3) is 0 Å². The molecule has 0 aliphatic carbocycles. The Labute approximate surface area is 104 Å². The van der Waals surface area contributed by atoms with E-state index in [4.69, 9.17) is 17.3 Å². The molecule has 1 aromatic rings. The normalized spacial score (nSPS) is 19.0. The van der Waals surface area contributed by atoms with Gasteiger partial charge in [0.25, 0.3) is 0 Å². The van der Waals surface area contributed by atoms with E-state index in [1.807, 2.05) is 18.2 Å². The molecule has 0 saturated carbocycles. The SMILES string of the molecule is NCC(=O)NC1CCSc2ccc(Cl)cc21. The van der Waals surface area contributed by atoms with E-state index in [0.29, 0.717) is 5.02 Å². The zero-order valence-corrected chi connectivity index (χ0v) is 10.3. The van der Waals surface area contributed by atoms with Crippen LogP contribution in [0.4, 0.5) is 0 Å². The molecule has 0 bridgehead atoms. The number of hydrogen-bond donors (Lipinski definition) is 2. The molecular formula is C11H13ClN2OS. The summed E-state index contributed by atoms with van der Waals surface area (Å²) in [5.74, 6) is 0.882. The standard InChI is InChI=1S/C11H13ClN2OS/c12-7-1-2-10-8(5-7)9(3-4-16-10)14-11(15)6-13/h1-2,5,9H,3-4,6,13H2,(H,14,15). The molecule has 1 atom stereocenters. The van der Waals surface area contributed by atoms with Gasteiger partial charge in [0.05, 0.1) is 12.6 Å². The fraction of sp³-hybridized carbons (Fsp3) is 0.364. The number of hydrogen-bond acceptors (Lipinski definition) is 3. The number of halogens is 1. The molecule has 0 saturated heterocycles. The van der Waals surface area contributed by atoms with Gasteiger partial charge in [-0.25, -0.2) is 0 Å². The van der Waals surface area contributed by atoms with E-state index in [2.05, 4.69) is 5.32 Å². The molecule has 1 heterocycles. The first-order valence-corrected chi connectivity index (χ1v) is 6.48. The van der Waals surface area contributed by atoms with Crippen molar-refractivity contribution in [1.29, 1.82) is 0 Å². The number of fused-ring (bicyclic) bond motifs is 1. The van der Waals surface area contributed by atoms with Crippen molar-refractivity contribution in [3.05, 3.63) is 28.8 Å². The van der Waals surface area contributed by atoms with Crippen molar-refractivity contribution < 1.29 is 4.79 Å². The van der Waals surface area contributed by atoms with E-state index >= 15 is 0 Å². The predicted molar refractivity (Wildman–Crippen MR) is 66.7 cm³/mol. The molecule has 86 valence electrons. The average molecular weight is 257 g/mol. The molecule has 1 unspecified atom stereocenters.